The standard InChI is InChI=1S/C19H17F2N3O/c1-11-12(2)24-18-10-14(4-6-17(18)23-11)19(25)22-8-7-13-3-5-15(20)16(21)9-13/h3-6,9-10H,7-8H2,1-2H3,(H,22,25). The predicted molar refractivity (Wildman–Crippen MR) is 91.4 cm³/mol. The molecule has 0 aliphatic carbocycles. The number of fused-ring (bicyclic) bond motifs is 1. The molecule has 1 heterocycles. The third-order valence-electron chi connectivity index (χ3n) is 4.02. The zero-order chi connectivity index (χ0) is 18.0. The SMILES string of the molecule is Cc1nc2ccc(C(=O)NCCc3ccc(F)c(F)c3)cc2nc1C. The Hall–Kier alpha value is -2.89. The fraction of sp³-hybridized carbons (Fsp3) is 0.211. The van der Waals surface area contributed by atoms with Crippen molar-refractivity contribution < 1.29 is 13.6 Å². The van der Waals surface area contributed by atoms with Gasteiger partial charge in [-0.15, -0.1) is 0 Å². The van der Waals surface area contributed by atoms with E-state index < -0.39 is 11.6 Å². The van der Waals surface area contributed by atoms with Gasteiger partial charge in [0.2, 0.25) is 0 Å². The summed E-state index contributed by atoms with van der Waals surface area (Å²) in [5.41, 5.74) is 4.18. The molecule has 25 heavy (non-hydrogen) atoms. The van der Waals surface area contributed by atoms with Gasteiger partial charge in [-0.3, -0.25) is 4.79 Å². The van der Waals surface area contributed by atoms with Crippen LogP contribution in [0.4, 0.5) is 8.78 Å². The fourth-order valence-corrected chi connectivity index (χ4v) is 2.49. The molecule has 0 fully saturated rings. The second-order valence-corrected chi connectivity index (χ2v) is 5.85. The van der Waals surface area contributed by atoms with Gasteiger partial charge in [-0.2, -0.15) is 0 Å². The summed E-state index contributed by atoms with van der Waals surface area (Å²) < 4.78 is 26.1. The first-order valence-corrected chi connectivity index (χ1v) is 7.91. The van der Waals surface area contributed by atoms with E-state index in [9.17, 15) is 13.6 Å². The van der Waals surface area contributed by atoms with E-state index >= 15 is 0 Å². The lowest BCUT2D eigenvalue weighted by Crippen LogP contribution is -2.25. The summed E-state index contributed by atoms with van der Waals surface area (Å²) in [5.74, 6) is -2.01. The summed E-state index contributed by atoms with van der Waals surface area (Å²) in [6.07, 6.45) is 0.411. The van der Waals surface area contributed by atoms with E-state index in [4.69, 9.17) is 0 Å². The molecule has 0 spiro atoms. The number of halogens is 2. The Labute approximate surface area is 143 Å². The lowest BCUT2D eigenvalue weighted by atomic mass is 10.1. The van der Waals surface area contributed by atoms with Crippen LogP contribution in [0.15, 0.2) is 36.4 Å². The minimum Gasteiger partial charge on any atom is -0.352 e. The summed E-state index contributed by atoms with van der Waals surface area (Å²) in [6, 6.07) is 8.87. The van der Waals surface area contributed by atoms with Gasteiger partial charge in [0.25, 0.3) is 5.91 Å². The lowest BCUT2D eigenvalue weighted by molar-refractivity contribution is 0.0954. The molecule has 0 bridgehead atoms. The Bertz CT molecular complexity index is 957. The maximum atomic E-state index is 13.2. The van der Waals surface area contributed by atoms with E-state index in [2.05, 4.69) is 15.3 Å². The van der Waals surface area contributed by atoms with Gasteiger partial charge in [-0.1, -0.05) is 6.07 Å². The van der Waals surface area contributed by atoms with Gasteiger partial charge < -0.3 is 5.32 Å². The fourth-order valence-electron chi connectivity index (χ4n) is 2.49. The zero-order valence-electron chi connectivity index (χ0n) is 13.9. The third kappa shape index (κ3) is 3.79. The predicted octanol–water partition coefficient (Wildman–Crippen LogP) is 3.50. The Morgan fingerprint density at radius 2 is 1.68 bits per heavy atom. The minimum atomic E-state index is -0.886. The number of carbonyl (C=O) groups excluding carboxylic acids is 1. The first-order chi connectivity index (χ1) is 11.9. The number of hydrogen-bond donors (Lipinski definition) is 1. The Morgan fingerprint density at radius 3 is 2.40 bits per heavy atom. The van der Waals surface area contributed by atoms with Crippen LogP contribution in [0.1, 0.15) is 27.3 Å². The first-order valence-electron chi connectivity index (χ1n) is 7.91. The Balaban J connectivity index is 1.67. The molecule has 6 heteroatoms. The average Bonchev–Trinajstić information content (AvgIpc) is 2.58. The van der Waals surface area contributed by atoms with E-state index in [1.54, 1.807) is 18.2 Å². The normalized spacial score (nSPS) is 10.9. The molecule has 1 N–H and O–H groups in total. The van der Waals surface area contributed by atoms with Crippen molar-refractivity contribution in [2.24, 2.45) is 0 Å². The number of aromatic nitrogens is 2. The molecule has 0 aliphatic rings. The number of nitrogens with one attached hydrogen (secondary N) is 1. The summed E-state index contributed by atoms with van der Waals surface area (Å²) in [5, 5.41) is 2.77. The molecular weight excluding hydrogens is 324 g/mol. The molecule has 0 unspecified atom stereocenters. The van der Waals surface area contributed by atoms with Crippen molar-refractivity contribution in [2.75, 3.05) is 6.54 Å². The van der Waals surface area contributed by atoms with Crippen molar-refractivity contribution in [3.63, 3.8) is 0 Å². The first kappa shape index (κ1) is 17.0. The van der Waals surface area contributed by atoms with Crippen LogP contribution in [-0.4, -0.2) is 22.4 Å². The average molecular weight is 341 g/mol. The van der Waals surface area contributed by atoms with Gasteiger partial charge in [-0.25, -0.2) is 18.7 Å². The van der Waals surface area contributed by atoms with E-state index in [0.717, 1.165) is 29.0 Å². The van der Waals surface area contributed by atoms with Crippen molar-refractivity contribution >= 4 is 16.9 Å². The topological polar surface area (TPSA) is 54.9 Å². The number of aryl methyl sites for hydroxylation is 2. The van der Waals surface area contributed by atoms with Crippen molar-refractivity contribution in [2.45, 2.75) is 20.3 Å². The number of nitrogens with zero attached hydrogens (tertiary/aromatic N) is 2. The van der Waals surface area contributed by atoms with E-state index in [1.165, 1.54) is 6.07 Å². The molecule has 128 valence electrons. The van der Waals surface area contributed by atoms with Gasteiger partial charge in [0, 0.05) is 12.1 Å². The smallest absolute Gasteiger partial charge is 0.251 e. The molecule has 0 aliphatic heterocycles. The largest absolute Gasteiger partial charge is 0.352 e. The Kier molecular flexibility index (Phi) is 4.70. The molecular formula is C19H17F2N3O. The molecule has 2 aromatic carbocycles. The second-order valence-electron chi connectivity index (χ2n) is 5.85. The molecule has 3 aromatic rings. The maximum absolute atomic E-state index is 13.2. The zero-order valence-corrected chi connectivity index (χ0v) is 13.9. The monoisotopic (exact) mass is 341 g/mol. The number of rotatable bonds is 4. The third-order valence-corrected chi connectivity index (χ3v) is 4.02. The molecule has 0 saturated heterocycles. The van der Waals surface area contributed by atoms with E-state index in [1.807, 2.05) is 13.8 Å². The van der Waals surface area contributed by atoms with E-state index in [-0.39, 0.29) is 5.91 Å². The number of carbonyl (C=O) groups is 1. The molecule has 3 rings (SSSR count). The summed E-state index contributed by atoms with van der Waals surface area (Å²) in [4.78, 5) is 21.1. The van der Waals surface area contributed by atoms with Crippen molar-refractivity contribution in [3.05, 3.63) is 70.5 Å². The quantitative estimate of drug-likeness (QED) is 0.790. The number of hydrogen-bond acceptors (Lipinski definition) is 3. The van der Waals surface area contributed by atoms with E-state index in [0.29, 0.717) is 29.6 Å². The summed E-state index contributed by atoms with van der Waals surface area (Å²) in [6.45, 7) is 4.08. The number of amides is 1. The van der Waals surface area contributed by atoms with Gasteiger partial charge in [0.15, 0.2) is 11.6 Å². The van der Waals surface area contributed by atoms with Crippen molar-refractivity contribution in [1.82, 2.24) is 15.3 Å². The summed E-state index contributed by atoms with van der Waals surface area (Å²) >= 11 is 0. The van der Waals surface area contributed by atoms with Gasteiger partial charge in [0.05, 0.1) is 22.4 Å². The number of benzene rings is 2. The van der Waals surface area contributed by atoms with Crippen LogP contribution >= 0.6 is 0 Å². The molecule has 1 aromatic heterocycles. The van der Waals surface area contributed by atoms with Crippen LogP contribution in [-0.2, 0) is 6.42 Å². The highest BCUT2D eigenvalue weighted by Crippen LogP contribution is 2.14. The summed E-state index contributed by atoms with van der Waals surface area (Å²) in [7, 11) is 0. The van der Waals surface area contributed by atoms with Crippen LogP contribution in [0.25, 0.3) is 11.0 Å². The van der Waals surface area contributed by atoms with Crippen LogP contribution in [0.2, 0.25) is 0 Å². The molecule has 0 radical (unpaired) electrons. The molecule has 0 atom stereocenters. The molecule has 0 saturated carbocycles. The molecule has 1 amide bonds. The van der Waals surface area contributed by atoms with Gasteiger partial charge in [0.1, 0.15) is 0 Å². The molecule has 4 nitrogen and oxygen atoms in total. The van der Waals surface area contributed by atoms with Crippen LogP contribution in [0.5, 0.6) is 0 Å². The highest BCUT2D eigenvalue weighted by molar-refractivity contribution is 5.97. The highest BCUT2D eigenvalue weighted by Gasteiger charge is 2.09. The Morgan fingerprint density at radius 1 is 0.960 bits per heavy atom. The second kappa shape index (κ2) is 6.93. The maximum Gasteiger partial charge on any atom is 0.251 e. The van der Waals surface area contributed by atoms with Crippen LogP contribution < -0.4 is 5.32 Å². The van der Waals surface area contributed by atoms with Gasteiger partial charge in [-0.05, 0) is 56.2 Å². The van der Waals surface area contributed by atoms with Crippen LogP contribution in [0.3, 0.4) is 0 Å². The van der Waals surface area contributed by atoms with Crippen molar-refractivity contribution in [1.29, 1.82) is 0 Å². The van der Waals surface area contributed by atoms with Crippen LogP contribution in [0, 0.1) is 25.5 Å². The van der Waals surface area contributed by atoms with Crippen molar-refractivity contribution in [3.8, 4) is 0 Å². The minimum absolute atomic E-state index is 0.246. The van der Waals surface area contributed by atoms with Gasteiger partial charge >= 0.3 is 0 Å². The lowest BCUT2D eigenvalue weighted by Gasteiger charge is -2.07. The highest BCUT2D eigenvalue weighted by atomic mass is 19.2.